The minimum absolute atomic E-state index is 0.264. The lowest BCUT2D eigenvalue weighted by Crippen LogP contribution is -2.14. The molecular formula is C11H14N6O. The maximum absolute atomic E-state index is 11.8. The summed E-state index contributed by atoms with van der Waals surface area (Å²) < 4.78 is 1.61. The van der Waals surface area contributed by atoms with E-state index in [1.54, 1.807) is 36.3 Å². The molecule has 0 atom stereocenters. The molecule has 0 saturated heterocycles. The first-order valence-electron chi connectivity index (χ1n) is 5.56. The SMILES string of the molecule is CCNc1ccc(C(=O)Nc2cnn(C)c2)nn1. The third-order valence-electron chi connectivity index (χ3n) is 2.22. The molecule has 0 aliphatic heterocycles. The Kier molecular flexibility index (Phi) is 3.52. The van der Waals surface area contributed by atoms with Gasteiger partial charge >= 0.3 is 0 Å². The molecular weight excluding hydrogens is 232 g/mol. The second kappa shape index (κ2) is 5.26. The number of hydrogen-bond donors (Lipinski definition) is 2. The molecule has 0 radical (unpaired) electrons. The van der Waals surface area contributed by atoms with Gasteiger partial charge in [-0.2, -0.15) is 5.10 Å². The number of aryl methyl sites for hydroxylation is 1. The Hall–Kier alpha value is -2.44. The van der Waals surface area contributed by atoms with Crippen molar-refractivity contribution in [1.82, 2.24) is 20.0 Å². The first kappa shape index (κ1) is 12.0. The Morgan fingerprint density at radius 1 is 1.39 bits per heavy atom. The largest absolute Gasteiger partial charge is 0.369 e. The van der Waals surface area contributed by atoms with Crippen LogP contribution in [-0.4, -0.2) is 32.4 Å². The first-order chi connectivity index (χ1) is 8.69. The van der Waals surface area contributed by atoms with Crippen LogP contribution in [-0.2, 0) is 7.05 Å². The highest BCUT2D eigenvalue weighted by atomic mass is 16.1. The summed E-state index contributed by atoms with van der Waals surface area (Å²) in [6, 6.07) is 3.34. The molecule has 7 nitrogen and oxygen atoms in total. The van der Waals surface area contributed by atoms with Crippen LogP contribution in [0.15, 0.2) is 24.5 Å². The van der Waals surface area contributed by atoms with Crippen molar-refractivity contribution in [2.45, 2.75) is 6.92 Å². The molecule has 2 aromatic heterocycles. The molecule has 7 heteroatoms. The van der Waals surface area contributed by atoms with Crippen LogP contribution < -0.4 is 10.6 Å². The highest BCUT2D eigenvalue weighted by Gasteiger charge is 2.09. The van der Waals surface area contributed by atoms with Crippen LogP contribution in [0, 0.1) is 0 Å². The van der Waals surface area contributed by atoms with Crippen molar-refractivity contribution in [2.75, 3.05) is 17.2 Å². The monoisotopic (exact) mass is 246 g/mol. The molecule has 2 rings (SSSR count). The molecule has 2 heterocycles. The number of nitrogens with zero attached hydrogens (tertiary/aromatic N) is 4. The van der Waals surface area contributed by atoms with Crippen LogP contribution in [0.25, 0.3) is 0 Å². The molecule has 0 aliphatic rings. The Morgan fingerprint density at radius 2 is 2.22 bits per heavy atom. The minimum Gasteiger partial charge on any atom is -0.369 e. The lowest BCUT2D eigenvalue weighted by atomic mass is 10.3. The summed E-state index contributed by atoms with van der Waals surface area (Å²) in [5.74, 6) is 0.342. The van der Waals surface area contributed by atoms with E-state index in [0.717, 1.165) is 6.54 Å². The van der Waals surface area contributed by atoms with E-state index in [-0.39, 0.29) is 11.6 Å². The normalized spacial score (nSPS) is 10.1. The second-order valence-corrected chi connectivity index (χ2v) is 3.69. The molecule has 0 bridgehead atoms. The predicted octanol–water partition coefficient (Wildman–Crippen LogP) is 0.894. The fourth-order valence-corrected chi connectivity index (χ4v) is 1.41. The van der Waals surface area contributed by atoms with Crippen LogP contribution in [0.4, 0.5) is 11.5 Å². The molecule has 0 spiro atoms. The number of nitrogens with one attached hydrogen (secondary N) is 2. The summed E-state index contributed by atoms with van der Waals surface area (Å²) in [5, 5.41) is 17.4. The number of hydrogen-bond acceptors (Lipinski definition) is 5. The van der Waals surface area contributed by atoms with Gasteiger partial charge in [0.25, 0.3) is 5.91 Å². The van der Waals surface area contributed by atoms with Crippen LogP contribution in [0.5, 0.6) is 0 Å². The summed E-state index contributed by atoms with van der Waals surface area (Å²) in [7, 11) is 1.78. The Bertz CT molecular complexity index is 533. The second-order valence-electron chi connectivity index (χ2n) is 3.69. The Morgan fingerprint density at radius 3 is 2.78 bits per heavy atom. The van der Waals surface area contributed by atoms with E-state index in [9.17, 15) is 4.79 Å². The fraction of sp³-hybridized carbons (Fsp3) is 0.273. The topological polar surface area (TPSA) is 84.7 Å². The number of amides is 1. The van der Waals surface area contributed by atoms with Crippen LogP contribution in [0.1, 0.15) is 17.4 Å². The van der Waals surface area contributed by atoms with Gasteiger partial charge in [0.15, 0.2) is 5.69 Å². The lowest BCUT2D eigenvalue weighted by Gasteiger charge is -2.03. The van der Waals surface area contributed by atoms with Crippen molar-refractivity contribution in [3.63, 3.8) is 0 Å². The average Bonchev–Trinajstić information content (AvgIpc) is 2.76. The van der Waals surface area contributed by atoms with Crippen molar-refractivity contribution in [3.8, 4) is 0 Å². The Balaban J connectivity index is 2.04. The van der Waals surface area contributed by atoms with E-state index in [2.05, 4.69) is 25.9 Å². The zero-order valence-electron chi connectivity index (χ0n) is 10.2. The number of aromatic nitrogens is 4. The zero-order chi connectivity index (χ0) is 13.0. The average molecular weight is 246 g/mol. The number of anilines is 2. The highest BCUT2D eigenvalue weighted by molar-refractivity contribution is 6.02. The molecule has 0 unspecified atom stereocenters. The molecule has 18 heavy (non-hydrogen) atoms. The van der Waals surface area contributed by atoms with Crippen molar-refractivity contribution in [1.29, 1.82) is 0 Å². The van der Waals surface area contributed by atoms with Gasteiger partial charge in [0.1, 0.15) is 5.82 Å². The minimum atomic E-state index is -0.307. The summed E-state index contributed by atoms with van der Waals surface area (Å²) >= 11 is 0. The van der Waals surface area contributed by atoms with Gasteiger partial charge in [-0.1, -0.05) is 0 Å². The summed E-state index contributed by atoms with van der Waals surface area (Å²) in [5.41, 5.74) is 0.889. The highest BCUT2D eigenvalue weighted by Crippen LogP contribution is 2.07. The van der Waals surface area contributed by atoms with Gasteiger partial charge < -0.3 is 10.6 Å². The van der Waals surface area contributed by atoms with E-state index in [1.807, 2.05) is 6.92 Å². The first-order valence-corrected chi connectivity index (χ1v) is 5.56. The summed E-state index contributed by atoms with van der Waals surface area (Å²) in [6.45, 7) is 2.72. The fourth-order valence-electron chi connectivity index (χ4n) is 1.41. The van der Waals surface area contributed by atoms with Gasteiger partial charge in [0.05, 0.1) is 11.9 Å². The third-order valence-corrected chi connectivity index (χ3v) is 2.22. The Labute approximate surface area is 104 Å². The van der Waals surface area contributed by atoms with Crippen LogP contribution >= 0.6 is 0 Å². The van der Waals surface area contributed by atoms with E-state index < -0.39 is 0 Å². The van der Waals surface area contributed by atoms with Gasteiger partial charge in [-0.25, -0.2) is 0 Å². The zero-order valence-corrected chi connectivity index (χ0v) is 10.2. The van der Waals surface area contributed by atoms with Gasteiger partial charge in [-0.3, -0.25) is 9.48 Å². The maximum Gasteiger partial charge on any atom is 0.276 e. The summed E-state index contributed by atoms with van der Waals surface area (Å²) in [6.07, 6.45) is 3.27. The van der Waals surface area contributed by atoms with Crippen molar-refractivity contribution >= 4 is 17.4 Å². The van der Waals surface area contributed by atoms with Crippen LogP contribution in [0.2, 0.25) is 0 Å². The van der Waals surface area contributed by atoms with Gasteiger partial charge in [0, 0.05) is 19.8 Å². The van der Waals surface area contributed by atoms with Crippen molar-refractivity contribution in [2.24, 2.45) is 7.05 Å². The lowest BCUT2D eigenvalue weighted by molar-refractivity contribution is 0.102. The maximum atomic E-state index is 11.8. The van der Waals surface area contributed by atoms with E-state index in [4.69, 9.17) is 0 Å². The standard InChI is InChI=1S/C11H14N6O/c1-3-12-10-5-4-9(15-16-10)11(18)14-8-6-13-17(2)7-8/h4-7H,3H2,1-2H3,(H,12,16)(H,14,18). The van der Waals surface area contributed by atoms with E-state index >= 15 is 0 Å². The smallest absolute Gasteiger partial charge is 0.276 e. The van der Waals surface area contributed by atoms with Crippen molar-refractivity contribution in [3.05, 3.63) is 30.2 Å². The van der Waals surface area contributed by atoms with Gasteiger partial charge in [-0.05, 0) is 19.1 Å². The van der Waals surface area contributed by atoms with Crippen molar-refractivity contribution < 1.29 is 4.79 Å². The van der Waals surface area contributed by atoms with Gasteiger partial charge in [-0.15, -0.1) is 10.2 Å². The summed E-state index contributed by atoms with van der Waals surface area (Å²) in [4.78, 5) is 11.8. The predicted molar refractivity (Wildman–Crippen MR) is 67.4 cm³/mol. The molecule has 2 N–H and O–H groups in total. The number of carbonyl (C=O) groups excluding carboxylic acids is 1. The number of carbonyl (C=O) groups is 1. The van der Waals surface area contributed by atoms with Gasteiger partial charge in [0.2, 0.25) is 0 Å². The molecule has 0 fully saturated rings. The molecule has 0 aromatic carbocycles. The molecule has 1 amide bonds. The molecule has 94 valence electrons. The third kappa shape index (κ3) is 2.82. The quantitative estimate of drug-likeness (QED) is 0.837. The molecule has 0 saturated carbocycles. The molecule has 2 aromatic rings. The number of rotatable bonds is 4. The molecule has 0 aliphatic carbocycles. The van der Waals surface area contributed by atoms with Crippen LogP contribution in [0.3, 0.4) is 0 Å². The van der Waals surface area contributed by atoms with E-state index in [1.165, 1.54) is 0 Å². The van der Waals surface area contributed by atoms with E-state index in [0.29, 0.717) is 11.5 Å².